The summed E-state index contributed by atoms with van der Waals surface area (Å²) in [5.41, 5.74) is 0. The summed E-state index contributed by atoms with van der Waals surface area (Å²) in [4.78, 5) is 0. The first-order valence-corrected chi connectivity index (χ1v) is 10.3. The van der Waals surface area contributed by atoms with Crippen molar-refractivity contribution in [3.05, 3.63) is 0 Å². The van der Waals surface area contributed by atoms with E-state index in [-0.39, 0.29) is 6.61 Å². The van der Waals surface area contributed by atoms with E-state index in [0.29, 0.717) is 19.8 Å². The van der Waals surface area contributed by atoms with Crippen LogP contribution in [-0.4, -0.2) is 37.5 Å². The topological polar surface area (TPSA) is 47.9 Å². The van der Waals surface area contributed by atoms with Gasteiger partial charge in [0.05, 0.1) is 19.8 Å². The molecule has 0 radical (unpaired) electrons. The molecule has 0 saturated carbocycles. The van der Waals surface area contributed by atoms with Gasteiger partial charge in [0.25, 0.3) is 0 Å². The minimum absolute atomic E-state index is 0.248. The van der Waals surface area contributed by atoms with Crippen molar-refractivity contribution in [1.29, 1.82) is 0 Å². The zero-order chi connectivity index (χ0) is 17.9. The van der Waals surface area contributed by atoms with Gasteiger partial charge in [0.15, 0.2) is 0 Å². The molecule has 0 aliphatic heterocycles. The minimum atomic E-state index is -1.26. The van der Waals surface area contributed by atoms with Crippen molar-refractivity contribution in [3.8, 4) is 0 Å². The van der Waals surface area contributed by atoms with Crippen molar-refractivity contribution >= 4 is 0 Å². The summed E-state index contributed by atoms with van der Waals surface area (Å²) in [6, 6.07) is 0. The highest BCUT2D eigenvalue weighted by atomic mass is 16.9. The van der Waals surface area contributed by atoms with Crippen molar-refractivity contribution in [1.82, 2.24) is 0 Å². The molecule has 1 N–H and O–H groups in total. The second kappa shape index (κ2) is 17.7. The standard InChI is InChI=1S/C20H42O4/c1-4-7-10-13-16-22-20(19-21,23-17-14-11-8-5-2)24-18-15-12-9-6-3/h21H,4-19H2,1-3H3. The van der Waals surface area contributed by atoms with E-state index in [1.807, 2.05) is 0 Å². The van der Waals surface area contributed by atoms with Crippen LogP contribution in [0.15, 0.2) is 0 Å². The van der Waals surface area contributed by atoms with E-state index in [4.69, 9.17) is 14.2 Å². The number of aliphatic hydroxyl groups excluding tert-OH is 1. The first-order valence-electron chi connectivity index (χ1n) is 10.3. The van der Waals surface area contributed by atoms with Crippen LogP contribution >= 0.6 is 0 Å². The average Bonchev–Trinajstić information content (AvgIpc) is 2.60. The highest BCUT2D eigenvalue weighted by Crippen LogP contribution is 2.18. The number of rotatable bonds is 19. The van der Waals surface area contributed by atoms with Crippen LogP contribution in [0.2, 0.25) is 0 Å². The van der Waals surface area contributed by atoms with E-state index < -0.39 is 5.97 Å². The van der Waals surface area contributed by atoms with Crippen LogP contribution in [0.1, 0.15) is 97.8 Å². The molecule has 0 heterocycles. The van der Waals surface area contributed by atoms with Crippen LogP contribution in [-0.2, 0) is 14.2 Å². The molecule has 0 unspecified atom stereocenters. The van der Waals surface area contributed by atoms with Crippen molar-refractivity contribution < 1.29 is 19.3 Å². The Balaban J connectivity index is 4.23. The molecule has 0 aliphatic carbocycles. The number of unbranched alkanes of at least 4 members (excludes halogenated alkanes) is 9. The second-order valence-corrected chi connectivity index (χ2v) is 6.57. The van der Waals surface area contributed by atoms with Crippen molar-refractivity contribution in [2.45, 2.75) is 104 Å². The lowest BCUT2D eigenvalue weighted by Gasteiger charge is -2.31. The van der Waals surface area contributed by atoms with Gasteiger partial charge in [0.1, 0.15) is 6.61 Å². The zero-order valence-electron chi connectivity index (χ0n) is 16.5. The van der Waals surface area contributed by atoms with Gasteiger partial charge >= 0.3 is 5.97 Å². The highest BCUT2D eigenvalue weighted by molar-refractivity contribution is 4.58. The Hall–Kier alpha value is -0.160. The SMILES string of the molecule is CCCCCCOC(CO)(OCCCCCC)OCCCCCC. The quantitative estimate of drug-likeness (QED) is 0.250. The monoisotopic (exact) mass is 346 g/mol. The fourth-order valence-electron chi connectivity index (χ4n) is 2.53. The van der Waals surface area contributed by atoms with Gasteiger partial charge in [0, 0.05) is 0 Å². The third kappa shape index (κ3) is 13.2. The van der Waals surface area contributed by atoms with Gasteiger partial charge in [-0.05, 0) is 19.3 Å². The first kappa shape index (κ1) is 23.8. The lowest BCUT2D eigenvalue weighted by molar-refractivity contribution is -0.392. The molecule has 146 valence electrons. The van der Waals surface area contributed by atoms with Gasteiger partial charge in [-0.2, -0.15) is 0 Å². The Morgan fingerprint density at radius 2 is 0.875 bits per heavy atom. The van der Waals surface area contributed by atoms with Gasteiger partial charge in [-0.25, -0.2) is 0 Å². The molecular formula is C20H42O4. The number of hydrogen-bond donors (Lipinski definition) is 1. The maximum absolute atomic E-state index is 9.81. The Morgan fingerprint density at radius 1 is 0.542 bits per heavy atom. The Kier molecular flexibility index (Phi) is 17.5. The fraction of sp³-hybridized carbons (Fsp3) is 1.00. The summed E-state index contributed by atoms with van der Waals surface area (Å²) < 4.78 is 17.5. The molecule has 0 spiro atoms. The zero-order valence-corrected chi connectivity index (χ0v) is 16.5. The van der Waals surface area contributed by atoms with Gasteiger partial charge in [0.2, 0.25) is 0 Å². The Bertz CT molecular complexity index is 210. The molecule has 24 heavy (non-hydrogen) atoms. The van der Waals surface area contributed by atoms with E-state index in [1.165, 1.54) is 38.5 Å². The van der Waals surface area contributed by atoms with Gasteiger partial charge < -0.3 is 19.3 Å². The van der Waals surface area contributed by atoms with E-state index >= 15 is 0 Å². The summed E-state index contributed by atoms with van der Waals surface area (Å²) >= 11 is 0. The van der Waals surface area contributed by atoms with Gasteiger partial charge in [-0.15, -0.1) is 0 Å². The van der Waals surface area contributed by atoms with E-state index in [2.05, 4.69) is 20.8 Å². The lowest BCUT2D eigenvalue weighted by Crippen LogP contribution is -2.44. The maximum Gasteiger partial charge on any atom is 0.307 e. The number of hydrogen-bond acceptors (Lipinski definition) is 4. The molecule has 4 nitrogen and oxygen atoms in total. The molecule has 4 heteroatoms. The summed E-state index contributed by atoms with van der Waals surface area (Å²) in [6.07, 6.45) is 13.6. The molecule has 0 atom stereocenters. The molecule has 0 fully saturated rings. The normalized spacial score (nSPS) is 12.0. The fourth-order valence-corrected chi connectivity index (χ4v) is 2.53. The predicted octanol–water partition coefficient (Wildman–Crippen LogP) is 5.42. The Labute approximate surface area is 150 Å². The molecule has 0 aromatic carbocycles. The van der Waals surface area contributed by atoms with Crippen LogP contribution in [0.5, 0.6) is 0 Å². The molecule has 0 saturated heterocycles. The molecule has 0 aromatic rings. The lowest BCUT2D eigenvalue weighted by atomic mass is 10.2. The van der Waals surface area contributed by atoms with Crippen molar-refractivity contribution in [2.24, 2.45) is 0 Å². The van der Waals surface area contributed by atoms with Crippen molar-refractivity contribution in [3.63, 3.8) is 0 Å². The number of aliphatic hydroxyl groups is 1. The maximum atomic E-state index is 9.81. The molecule has 0 bridgehead atoms. The summed E-state index contributed by atoms with van der Waals surface area (Å²) in [5, 5.41) is 9.81. The second-order valence-electron chi connectivity index (χ2n) is 6.57. The van der Waals surface area contributed by atoms with Crippen LogP contribution in [0.3, 0.4) is 0 Å². The van der Waals surface area contributed by atoms with E-state index in [0.717, 1.165) is 38.5 Å². The molecule has 0 aliphatic rings. The molecule has 0 amide bonds. The third-order valence-corrected chi connectivity index (χ3v) is 4.15. The van der Waals surface area contributed by atoms with Crippen LogP contribution in [0.4, 0.5) is 0 Å². The van der Waals surface area contributed by atoms with Crippen LogP contribution in [0, 0.1) is 0 Å². The largest absolute Gasteiger partial charge is 0.388 e. The molecule has 0 aromatic heterocycles. The average molecular weight is 347 g/mol. The van der Waals surface area contributed by atoms with Crippen LogP contribution < -0.4 is 0 Å². The summed E-state index contributed by atoms with van der Waals surface area (Å²) in [5.74, 6) is -1.26. The van der Waals surface area contributed by atoms with Gasteiger partial charge in [-0.3, -0.25) is 0 Å². The van der Waals surface area contributed by atoms with Crippen LogP contribution in [0.25, 0.3) is 0 Å². The van der Waals surface area contributed by atoms with E-state index in [1.54, 1.807) is 0 Å². The minimum Gasteiger partial charge on any atom is -0.388 e. The third-order valence-electron chi connectivity index (χ3n) is 4.15. The smallest absolute Gasteiger partial charge is 0.307 e. The van der Waals surface area contributed by atoms with E-state index in [9.17, 15) is 5.11 Å². The molecular weight excluding hydrogens is 304 g/mol. The van der Waals surface area contributed by atoms with Crippen molar-refractivity contribution in [2.75, 3.05) is 26.4 Å². The highest BCUT2D eigenvalue weighted by Gasteiger charge is 2.32. The number of ether oxygens (including phenoxy) is 3. The predicted molar refractivity (Wildman–Crippen MR) is 100 cm³/mol. The Morgan fingerprint density at radius 3 is 1.12 bits per heavy atom. The van der Waals surface area contributed by atoms with Gasteiger partial charge in [-0.1, -0.05) is 78.6 Å². The summed E-state index contributed by atoms with van der Waals surface area (Å²) in [7, 11) is 0. The summed E-state index contributed by atoms with van der Waals surface area (Å²) in [6.45, 7) is 8.05. The first-order chi connectivity index (χ1) is 11.7. The molecule has 0 rings (SSSR count).